The van der Waals surface area contributed by atoms with Crippen molar-refractivity contribution < 1.29 is 4.39 Å². The maximum atomic E-state index is 14.9. The second kappa shape index (κ2) is 7.49. The molecule has 152 valence electrons. The Bertz CT molecular complexity index is 1420. The van der Waals surface area contributed by atoms with E-state index in [4.69, 9.17) is 0 Å². The molecule has 3 aromatic heterocycles. The predicted octanol–water partition coefficient (Wildman–Crippen LogP) is 3.72. The number of benzene rings is 2. The number of aryl methyl sites for hydroxylation is 1. The van der Waals surface area contributed by atoms with E-state index in [0.717, 1.165) is 11.3 Å². The molecule has 0 radical (unpaired) electrons. The summed E-state index contributed by atoms with van der Waals surface area (Å²) in [5, 5.41) is 13.0. The molecule has 0 aliphatic carbocycles. The van der Waals surface area contributed by atoms with Gasteiger partial charge < -0.3 is 0 Å². The predicted molar refractivity (Wildman–Crippen MR) is 114 cm³/mol. The summed E-state index contributed by atoms with van der Waals surface area (Å²) in [6, 6.07) is 17.3. The quantitative estimate of drug-likeness (QED) is 0.451. The van der Waals surface area contributed by atoms with Crippen molar-refractivity contribution >= 4 is 0 Å². The highest BCUT2D eigenvalue weighted by molar-refractivity contribution is 5.61. The number of hydrogen-bond donors (Lipinski definition) is 0. The molecule has 5 aromatic rings. The van der Waals surface area contributed by atoms with Crippen LogP contribution >= 0.6 is 0 Å². The third-order valence-corrected chi connectivity index (χ3v) is 4.93. The number of aromatic nitrogens is 6. The van der Waals surface area contributed by atoms with E-state index in [0.29, 0.717) is 11.4 Å². The van der Waals surface area contributed by atoms with Gasteiger partial charge in [-0.3, -0.25) is 4.79 Å². The molecule has 0 saturated heterocycles. The second-order valence-corrected chi connectivity index (χ2v) is 6.98. The van der Waals surface area contributed by atoms with E-state index in [2.05, 4.69) is 15.3 Å². The van der Waals surface area contributed by atoms with Crippen LogP contribution in [0.5, 0.6) is 0 Å². The lowest BCUT2D eigenvalue weighted by Crippen LogP contribution is -2.16. The topological polar surface area (TPSA) is 70.5 Å². The van der Waals surface area contributed by atoms with E-state index in [1.165, 1.54) is 23.0 Å². The molecule has 0 unspecified atom stereocenters. The third-order valence-electron chi connectivity index (χ3n) is 4.93. The minimum atomic E-state index is -0.483. The van der Waals surface area contributed by atoms with Crippen molar-refractivity contribution in [1.29, 1.82) is 0 Å². The van der Waals surface area contributed by atoms with Crippen LogP contribution in [0.1, 0.15) is 5.56 Å². The Kier molecular flexibility index (Phi) is 4.51. The Balaban J connectivity index is 1.62. The molecule has 0 bridgehead atoms. The average Bonchev–Trinajstić information content (AvgIpc) is 3.45. The Morgan fingerprint density at radius 1 is 0.871 bits per heavy atom. The Morgan fingerprint density at radius 2 is 1.71 bits per heavy atom. The van der Waals surface area contributed by atoms with Crippen LogP contribution in [0.2, 0.25) is 0 Å². The van der Waals surface area contributed by atoms with Gasteiger partial charge in [0, 0.05) is 30.7 Å². The number of para-hydroxylation sites is 1. The highest BCUT2D eigenvalue weighted by Gasteiger charge is 2.18. The molecule has 31 heavy (non-hydrogen) atoms. The van der Waals surface area contributed by atoms with E-state index in [1.807, 2.05) is 37.3 Å². The van der Waals surface area contributed by atoms with Crippen molar-refractivity contribution in [2.24, 2.45) is 0 Å². The molecule has 0 N–H and O–H groups in total. The Morgan fingerprint density at radius 3 is 2.45 bits per heavy atom. The van der Waals surface area contributed by atoms with Crippen molar-refractivity contribution in [3.05, 3.63) is 107 Å². The fraction of sp³-hybridized carbons (Fsp3) is 0.0435. The van der Waals surface area contributed by atoms with Crippen LogP contribution in [0.15, 0.2) is 90.2 Å². The summed E-state index contributed by atoms with van der Waals surface area (Å²) in [6.07, 6.45) is 6.49. The summed E-state index contributed by atoms with van der Waals surface area (Å²) >= 11 is 0. The van der Waals surface area contributed by atoms with E-state index >= 15 is 0 Å². The molecule has 0 aliphatic rings. The summed E-state index contributed by atoms with van der Waals surface area (Å²) < 4.78 is 19.5. The van der Waals surface area contributed by atoms with Crippen molar-refractivity contribution in [3.8, 4) is 28.5 Å². The average molecular weight is 412 g/mol. The first-order valence-corrected chi connectivity index (χ1v) is 9.62. The monoisotopic (exact) mass is 412 g/mol. The maximum Gasteiger partial charge on any atom is 0.209 e. The van der Waals surface area contributed by atoms with Gasteiger partial charge in [0.25, 0.3) is 0 Å². The Labute approximate surface area is 176 Å². The lowest BCUT2D eigenvalue weighted by Gasteiger charge is -2.12. The van der Waals surface area contributed by atoms with Gasteiger partial charge >= 0.3 is 0 Å². The summed E-state index contributed by atoms with van der Waals surface area (Å²) in [4.78, 5) is 12.7. The summed E-state index contributed by atoms with van der Waals surface area (Å²) in [5.41, 5.74) is 2.89. The van der Waals surface area contributed by atoms with E-state index < -0.39 is 5.82 Å². The van der Waals surface area contributed by atoms with Crippen LogP contribution in [0.3, 0.4) is 0 Å². The standard InChI is InChI=1S/C23H17FN6O/c1-16-15-26-30(17-6-3-2-4-7-17)23(16)22-21(31)10-13-29(27-22)20-9-8-18(14-19(20)24)28-12-5-11-25-28/h2-15H,1H3. The minimum Gasteiger partial charge on any atom is -0.287 e. The van der Waals surface area contributed by atoms with Gasteiger partial charge in [-0.15, -0.1) is 0 Å². The largest absolute Gasteiger partial charge is 0.287 e. The van der Waals surface area contributed by atoms with E-state index in [1.54, 1.807) is 46.2 Å². The maximum absolute atomic E-state index is 14.9. The van der Waals surface area contributed by atoms with Gasteiger partial charge in [-0.1, -0.05) is 18.2 Å². The smallest absolute Gasteiger partial charge is 0.209 e. The number of nitrogens with zero attached hydrogens (tertiary/aromatic N) is 6. The molecule has 0 spiro atoms. The van der Waals surface area contributed by atoms with Crippen molar-refractivity contribution in [2.75, 3.05) is 0 Å². The molecule has 7 nitrogen and oxygen atoms in total. The van der Waals surface area contributed by atoms with Crippen molar-refractivity contribution in [3.63, 3.8) is 0 Å². The zero-order valence-corrected chi connectivity index (χ0v) is 16.6. The van der Waals surface area contributed by atoms with Crippen LogP contribution < -0.4 is 5.43 Å². The van der Waals surface area contributed by atoms with Crippen LogP contribution in [0, 0.1) is 12.7 Å². The first kappa shape index (κ1) is 18.7. The van der Waals surface area contributed by atoms with E-state index in [-0.39, 0.29) is 16.8 Å². The van der Waals surface area contributed by atoms with Crippen molar-refractivity contribution in [2.45, 2.75) is 6.92 Å². The summed E-state index contributed by atoms with van der Waals surface area (Å²) in [5.74, 6) is -0.483. The zero-order valence-electron chi connectivity index (χ0n) is 16.6. The highest BCUT2D eigenvalue weighted by atomic mass is 19.1. The van der Waals surface area contributed by atoms with Crippen LogP contribution in [0.25, 0.3) is 28.5 Å². The number of rotatable bonds is 4. The highest BCUT2D eigenvalue weighted by Crippen LogP contribution is 2.23. The lowest BCUT2D eigenvalue weighted by atomic mass is 10.2. The molecule has 0 fully saturated rings. The van der Waals surface area contributed by atoms with Gasteiger partial charge in [-0.2, -0.15) is 15.3 Å². The lowest BCUT2D eigenvalue weighted by molar-refractivity contribution is 0.606. The normalized spacial score (nSPS) is 11.0. The molecule has 0 aliphatic heterocycles. The van der Waals surface area contributed by atoms with Gasteiger partial charge in [0.1, 0.15) is 11.4 Å². The molecule has 0 atom stereocenters. The van der Waals surface area contributed by atoms with Gasteiger partial charge in [0.15, 0.2) is 11.5 Å². The van der Waals surface area contributed by atoms with Crippen LogP contribution in [-0.2, 0) is 0 Å². The molecular formula is C23H17FN6O. The number of halogens is 1. The van der Waals surface area contributed by atoms with Crippen LogP contribution in [0.4, 0.5) is 4.39 Å². The van der Waals surface area contributed by atoms with E-state index in [9.17, 15) is 9.18 Å². The van der Waals surface area contributed by atoms with Gasteiger partial charge in [0.2, 0.25) is 5.43 Å². The third kappa shape index (κ3) is 3.33. The fourth-order valence-electron chi connectivity index (χ4n) is 3.43. The van der Waals surface area contributed by atoms with Gasteiger partial charge in [-0.05, 0) is 42.8 Å². The fourth-order valence-corrected chi connectivity index (χ4v) is 3.43. The zero-order chi connectivity index (χ0) is 21.4. The number of hydrogen-bond acceptors (Lipinski definition) is 4. The van der Waals surface area contributed by atoms with Gasteiger partial charge in [0.05, 0.1) is 17.6 Å². The molecule has 0 saturated carbocycles. The second-order valence-electron chi connectivity index (χ2n) is 6.98. The summed E-state index contributed by atoms with van der Waals surface area (Å²) in [7, 11) is 0. The summed E-state index contributed by atoms with van der Waals surface area (Å²) in [6.45, 7) is 1.86. The minimum absolute atomic E-state index is 0.192. The SMILES string of the molecule is Cc1cnn(-c2ccccc2)c1-c1nn(-c2ccc(-n3cccn3)cc2F)ccc1=O. The van der Waals surface area contributed by atoms with Crippen molar-refractivity contribution in [1.82, 2.24) is 29.3 Å². The first-order valence-electron chi connectivity index (χ1n) is 9.62. The Hall–Kier alpha value is -4.33. The molecule has 2 aromatic carbocycles. The first-order chi connectivity index (χ1) is 15.1. The van der Waals surface area contributed by atoms with Gasteiger partial charge in [-0.25, -0.2) is 18.4 Å². The molecular weight excluding hydrogens is 395 g/mol. The van der Waals surface area contributed by atoms with Crippen LogP contribution in [-0.4, -0.2) is 29.3 Å². The molecule has 0 amide bonds. The molecule has 8 heteroatoms. The molecule has 3 heterocycles. The molecule has 5 rings (SSSR count).